The molecule has 2 aromatic heterocycles. The molecule has 0 unspecified atom stereocenters. The highest BCUT2D eigenvalue weighted by molar-refractivity contribution is 7.19. The van der Waals surface area contributed by atoms with Gasteiger partial charge in [0.2, 0.25) is 0 Å². The summed E-state index contributed by atoms with van der Waals surface area (Å²) in [4.78, 5) is 6.79. The van der Waals surface area contributed by atoms with Gasteiger partial charge in [0.1, 0.15) is 24.3 Å². The number of aromatic nitrogens is 1. The van der Waals surface area contributed by atoms with Gasteiger partial charge in [-0.25, -0.2) is 4.39 Å². The maximum atomic E-state index is 14.1. The Hall–Kier alpha value is -2.41. The molecule has 1 aliphatic heterocycles. The minimum absolute atomic E-state index is 0.127. The van der Waals surface area contributed by atoms with Gasteiger partial charge in [-0.1, -0.05) is 18.2 Å². The first-order chi connectivity index (χ1) is 15.1. The molecule has 3 atom stereocenters. The zero-order valence-electron chi connectivity index (χ0n) is 17.6. The second-order valence-electron chi connectivity index (χ2n) is 8.53. The summed E-state index contributed by atoms with van der Waals surface area (Å²) in [7, 11) is 0. The summed E-state index contributed by atoms with van der Waals surface area (Å²) in [5, 5.41) is 12.6. The van der Waals surface area contributed by atoms with Gasteiger partial charge in [0.05, 0.1) is 4.70 Å². The number of β-amino-alcohol motifs (C(OH)–C–C–N with tert-alkyl or cyclic N) is 1. The molecule has 4 aromatic rings. The third-order valence-electron chi connectivity index (χ3n) is 6.36. The van der Waals surface area contributed by atoms with Crippen LogP contribution in [0.1, 0.15) is 30.6 Å². The Morgan fingerprint density at radius 2 is 2.13 bits per heavy atom. The molecule has 0 spiro atoms. The number of hydrogen-bond donors (Lipinski definition) is 2. The largest absolute Gasteiger partial charge is 0.490 e. The molecular formula is C25H27FN2O2S. The molecule has 0 saturated carbocycles. The van der Waals surface area contributed by atoms with Gasteiger partial charge in [0.25, 0.3) is 0 Å². The standard InChI is InChI=1S/C25H27FN2O2S/c1-16-12-17(24-13-18-4-2-5-21(26)25(18)31-24)9-11-28(16)14-19(29)15-30-23-7-3-6-22-20(23)8-10-27-22/h2-8,10,13,16-17,19,27,29H,9,11-12,14-15H2,1H3/t16-,17-,19-/m0/s1. The number of aromatic amines is 1. The number of nitrogens with zero attached hydrogens (tertiary/aromatic N) is 1. The number of halogens is 1. The van der Waals surface area contributed by atoms with Crippen molar-refractivity contribution in [2.75, 3.05) is 19.7 Å². The lowest BCUT2D eigenvalue weighted by Gasteiger charge is -2.38. The van der Waals surface area contributed by atoms with E-state index in [2.05, 4.69) is 22.9 Å². The van der Waals surface area contributed by atoms with Crippen LogP contribution >= 0.6 is 11.3 Å². The quantitative estimate of drug-likeness (QED) is 0.416. The number of thiophene rings is 1. The van der Waals surface area contributed by atoms with Crippen LogP contribution in [0.3, 0.4) is 0 Å². The highest BCUT2D eigenvalue weighted by Crippen LogP contribution is 2.39. The first-order valence-corrected chi connectivity index (χ1v) is 11.7. The van der Waals surface area contributed by atoms with Gasteiger partial charge in [-0.2, -0.15) is 0 Å². The van der Waals surface area contributed by atoms with Gasteiger partial charge in [-0.3, -0.25) is 4.90 Å². The first kappa shape index (κ1) is 20.5. The molecule has 0 aliphatic carbocycles. The smallest absolute Gasteiger partial charge is 0.140 e. The molecule has 6 heteroatoms. The van der Waals surface area contributed by atoms with Gasteiger partial charge >= 0.3 is 0 Å². The van der Waals surface area contributed by atoms with E-state index < -0.39 is 6.10 Å². The summed E-state index contributed by atoms with van der Waals surface area (Å²) in [6.07, 6.45) is 3.39. The molecule has 1 fully saturated rings. The normalized spacial score (nSPS) is 21.0. The van der Waals surface area contributed by atoms with Crippen LogP contribution in [0.25, 0.3) is 21.0 Å². The number of hydrogen-bond acceptors (Lipinski definition) is 4. The van der Waals surface area contributed by atoms with Crippen LogP contribution in [0, 0.1) is 5.82 Å². The zero-order valence-corrected chi connectivity index (χ0v) is 18.4. The number of aliphatic hydroxyl groups is 1. The monoisotopic (exact) mass is 438 g/mol. The first-order valence-electron chi connectivity index (χ1n) is 10.9. The van der Waals surface area contributed by atoms with Crippen LogP contribution in [-0.2, 0) is 0 Å². The summed E-state index contributed by atoms with van der Waals surface area (Å²) in [5.41, 5.74) is 1.03. The van der Waals surface area contributed by atoms with E-state index in [0.717, 1.165) is 46.1 Å². The molecule has 2 aromatic carbocycles. The molecule has 1 aliphatic rings. The van der Waals surface area contributed by atoms with Gasteiger partial charge in [0, 0.05) is 34.6 Å². The van der Waals surface area contributed by atoms with E-state index in [1.165, 1.54) is 10.9 Å². The number of aliphatic hydroxyl groups excluding tert-OH is 1. The summed E-state index contributed by atoms with van der Waals surface area (Å²) >= 11 is 1.59. The van der Waals surface area contributed by atoms with Gasteiger partial charge in [-0.05, 0) is 67.9 Å². The lowest BCUT2D eigenvalue weighted by Crippen LogP contribution is -2.45. The summed E-state index contributed by atoms with van der Waals surface area (Å²) < 4.78 is 20.8. The summed E-state index contributed by atoms with van der Waals surface area (Å²) in [6.45, 7) is 4.01. The van der Waals surface area contributed by atoms with Crippen molar-refractivity contribution in [2.45, 2.75) is 37.8 Å². The van der Waals surface area contributed by atoms with Crippen LogP contribution < -0.4 is 4.74 Å². The van der Waals surface area contributed by atoms with E-state index in [-0.39, 0.29) is 12.4 Å². The zero-order chi connectivity index (χ0) is 21.4. The summed E-state index contributed by atoms with van der Waals surface area (Å²) in [6, 6.07) is 15.7. The van der Waals surface area contributed by atoms with Crippen LogP contribution in [0.4, 0.5) is 4.39 Å². The molecule has 2 N–H and O–H groups in total. The average Bonchev–Trinajstić information content (AvgIpc) is 3.41. The number of nitrogens with one attached hydrogen (secondary N) is 1. The molecule has 0 radical (unpaired) electrons. The minimum Gasteiger partial charge on any atom is -0.490 e. The number of rotatable bonds is 6. The molecule has 5 rings (SSSR count). The van der Waals surface area contributed by atoms with Crippen LogP contribution in [-0.4, -0.2) is 46.8 Å². The topological polar surface area (TPSA) is 48.5 Å². The number of piperidine rings is 1. The third kappa shape index (κ3) is 4.20. The highest BCUT2D eigenvalue weighted by Gasteiger charge is 2.29. The number of benzene rings is 2. The molecule has 4 nitrogen and oxygen atoms in total. The Kier molecular flexibility index (Phi) is 5.69. The Bertz CT molecular complexity index is 1190. The lowest BCUT2D eigenvalue weighted by molar-refractivity contribution is 0.0408. The predicted molar refractivity (Wildman–Crippen MR) is 125 cm³/mol. The fourth-order valence-electron chi connectivity index (χ4n) is 4.69. The van der Waals surface area contributed by atoms with Crippen molar-refractivity contribution in [3.63, 3.8) is 0 Å². The Labute approximate surface area is 185 Å². The van der Waals surface area contributed by atoms with Crippen molar-refractivity contribution < 1.29 is 14.2 Å². The maximum absolute atomic E-state index is 14.1. The van der Waals surface area contributed by atoms with Crippen molar-refractivity contribution in [3.05, 3.63) is 65.4 Å². The fourth-order valence-corrected chi connectivity index (χ4v) is 5.90. The van der Waals surface area contributed by atoms with E-state index in [1.807, 2.05) is 36.5 Å². The minimum atomic E-state index is -0.549. The molecular weight excluding hydrogens is 411 g/mol. The van der Waals surface area contributed by atoms with E-state index >= 15 is 0 Å². The van der Waals surface area contributed by atoms with Crippen molar-refractivity contribution >= 4 is 32.3 Å². The van der Waals surface area contributed by atoms with Gasteiger partial charge in [0.15, 0.2) is 0 Å². The number of fused-ring (bicyclic) bond motifs is 2. The van der Waals surface area contributed by atoms with Gasteiger partial charge in [-0.15, -0.1) is 11.3 Å². The van der Waals surface area contributed by atoms with E-state index in [4.69, 9.17) is 4.74 Å². The van der Waals surface area contributed by atoms with Crippen LogP contribution in [0.15, 0.2) is 54.7 Å². The molecule has 0 amide bonds. The van der Waals surface area contributed by atoms with Crippen LogP contribution in [0.2, 0.25) is 0 Å². The fraction of sp³-hybridized carbons (Fsp3) is 0.360. The third-order valence-corrected chi connectivity index (χ3v) is 7.68. The number of likely N-dealkylation sites (tertiary alicyclic amines) is 1. The van der Waals surface area contributed by atoms with E-state index in [9.17, 15) is 9.50 Å². The molecule has 31 heavy (non-hydrogen) atoms. The molecule has 3 heterocycles. The van der Waals surface area contributed by atoms with Gasteiger partial charge < -0.3 is 14.8 Å². The molecule has 1 saturated heterocycles. The molecule has 0 bridgehead atoms. The maximum Gasteiger partial charge on any atom is 0.140 e. The highest BCUT2D eigenvalue weighted by atomic mass is 32.1. The lowest BCUT2D eigenvalue weighted by atomic mass is 9.90. The predicted octanol–water partition coefficient (Wildman–Crippen LogP) is 5.53. The van der Waals surface area contributed by atoms with Crippen LogP contribution in [0.5, 0.6) is 5.75 Å². The Morgan fingerprint density at radius 3 is 2.97 bits per heavy atom. The molecule has 162 valence electrons. The SMILES string of the molecule is C[C@H]1C[C@@H](c2cc3cccc(F)c3s2)CCN1C[C@H](O)COc1cccc2[nH]ccc12. The second-order valence-corrected chi connectivity index (χ2v) is 9.62. The average molecular weight is 439 g/mol. The van der Waals surface area contributed by atoms with Crippen molar-refractivity contribution in [2.24, 2.45) is 0 Å². The van der Waals surface area contributed by atoms with Crippen molar-refractivity contribution in [1.29, 1.82) is 0 Å². The second kappa shape index (κ2) is 8.61. The summed E-state index contributed by atoms with van der Waals surface area (Å²) in [5.74, 6) is 1.11. The Morgan fingerprint density at radius 1 is 1.26 bits per heavy atom. The van der Waals surface area contributed by atoms with Crippen molar-refractivity contribution in [1.82, 2.24) is 9.88 Å². The van der Waals surface area contributed by atoms with Crippen molar-refractivity contribution in [3.8, 4) is 5.75 Å². The number of ether oxygens (including phenoxy) is 1. The number of H-pyrrole nitrogens is 1. The Balaban J connectivity index is 1.18. The van der Waals surface area contributed by atoms with E-state index in [1.54, 1.807) is 17.4 Å². The van der Waals surface area contributed by atoms with E-state index in [0.29, 0.717) is 18.5 Å².